The van der Waals surface area contributed by atoms with Gasteiger partial charge in [-0.3, -0.25) is 14.5 Å². The maximum absolute atomic E-state index is 13.1. The van der Waals surface area contributed by atoms with Crippen LogP contribution in [0.2, 0.25) is 15.1 Å². The minimum absolute atomic E-state index is 0.0995. The van der Waals surface area contributed by atoms with E-state index < -0.39 is 0 Å². The summed E-state index contributed by atoms with van der Waals surface area (Å²) in [6.45, 7) is 6.60. The molecule has 196 valence electrons. The summed E-state index contributed by atoms with van der Waals surface area (Å²) in [4.78, 5) is 27.3. The molecule has 1 fully saturated rings. The number of halogens is 3. The molecule has 0 saturated carbocycles. The average molecular weight is 589 g/mol. The first-order valence-electron chi connectivity index (χ1n) is 11.8. The number of amides is 2. The van der Waals surface area contributed by atoms with Crippen LogP contribution in [0.25, 0.3) is 6.08 Å². The van der Waals surface area contributed by atoms with Gasteiger partial charge in [-0.1, -0.05) is 59.1 Å². The molecule has 5 nitrogen and oxygen atoms in total. The zero-order valence-corrected chi connectivity index (χ0v) is 23.6. The van der Waals surface area contributed by atoms with E-state index >= 15 is 0 Å². The monoisotopic (exact) mass is 587 g/mol. The maximum Gasteiger partial charge on any atom is 0.293 e. The highest BCUT2D eigenvalue weighted by atomic mass is 35.5. The van der Waals surface area contributed by atoms with Crippen molar-refractivity contribution in [3.8, 4) is 11.5 Å². The summed E-state index contributed by atoms with van der Waals surface area (Å²) >= 11 is 19.0. The van der Waals surface area contributed by atoms with E-state index in [1.807, 2.05) is 37.3 Å². The van der Waals surface area contributed by atoms with Crippen LogP contribution in [0.5, 0.6) is 11.5 Å². The molecule has 1 aliphatic heterocycles. The van der Waals surface area contributed by atoms with Gasteiger partial charge in [0.25, 0.3) is 11.1 Å². The third kappa shape index (κ3) is 6.75. The largest absolute Gasteiger partial charge is 0.490 e. The van der Waals surface area contributed by atoms with Gasteiger partial charge >= 0.3 is 0 Å². The van der Waals surface area contributed by atoms with Gasteiger partial charge in [0.2, 0.25) is 0 Å². The van der Waals surface area contributed by atoms with Crippen LogP contribution >= 0.6 is 46.6 Å². The molecule has 2 amide bonds. The fourth-order valence-corrected chi connectivity index (χ4v) is 5.13. The summed E-state index contributed by atoms with van der Waals surface area (Å²) in [6, 6.07) is 16.2. The minimum Gasteiger partial charge on any atom is -0.490 e. The van der Waals surface area contributed by atoms with Crippen LogP contribution < -0.4 is 9.47 Å². The zero-order valence-electron chi connectivity index (χ0n) is 20.5. The Hall–Kier alpha value is -2.90. The Kier molecular flexibility index (Phi) is 9.44. The first-order valence-corrected chi connectivity index (χ1v) is 13.7. The molecule has 0 radical (unpaired) electrons. The topological polar surface area (TPSA) is 55.8 Å². The van der Waals surface area contributed by atoms with Crippen molar-refractivity contribution in [2.24, 2.45) is 0 Å². The maximum atomic E-state index is 13.1. The molecule has 0 unspecified atom stereocenters. The third-order valence-electron chi connectivity index (χ3n) is 5.61. The van der Waals surface area contributed by atoms with Gasteiger partial charge < -0.3 is 9.47 Å². The lowest BCUT2D eigenvalue weighted by Gasteiger charge is -2.17. The SMILES string of the molecule is C=CCc1cc(/C=C2\SC(=O)N(Cc3ccc(Cl)c(Cl)c3)C2=O)cc(OCC)c1OCc1ccc(Cl)cc1. The van der Waals surface area contributed by atoms with Crippen molar-refractivity contribution in [3.63, 3.8) is 0 Å². The Morgan fingerprint density at radius 2 is 1.68 bits per heavy atom. The van der Waals surface area contributed by atoms with Gasteiger partial charge in [0, 0.05) is 10.6 Å². The Morgan fingerprint density at radius 1 is 0.947 bits per heavy atom. The Morgan fingerprint density at radius 3 is 2.37 bits per heavy atom. The summed E-state index contributed by atoms with van der Waals surface area (Å²) in [6.07, 6.45) is 3.99. The molecule has 3 aromatic carbocycles. The normalized spacial score (nSPS) is 14.3. The molecule has 0 spiro atoms. The van der Waals surface area contributed by atoms with Gasteiger partial charge in [0.1, 0.15) is 6.61 Å². The molecular formula is C29H24Cl3NO4S. The first-order chi connectivity index (χ1) is 18.3. The Balaban J connectivity index is 1.60. The average Bonchev–Trinajstić information content (AvgIpc) is 3.14. The molecule has 1 aliphatic rings. The smallest absolute Gasteiger partial charge is 0.293 e. The fraction of sp³-hybridized carbons (Fsp3) is 0.172. The van der Waals surface area contributed by atoms with Crippen LogP contribution in [0.1, 0.15) is 29.2 Å². The highest BCUT2D eigenvalue weighted by Gasteiger charge is 2.35. The number of allylic oxidation sites excluding steroid dienone is 1. The third-order valence-corrected chi connectivity index (χ3v) is 7.51. The molecule has 1 saturated heterocycles. The number of ether oxygens (including phenoxy) is 2. The van der Waals surface area contributed by atoms with E-state index in [4.69, 9.17) is 44.3 Å². The Bertz CT molecular complexity index is 1410. The highest BCUT2D eigenvalue weighted by Crippen LogP contribution is 2.38. The van der Waals surface area contributed by atoms with E-state index in [-0.39, 0.29) is 17.7 Å². The predicted octanol–water partition coefficient (Wildman–Crippen LogP) is 8.59. The summed E-state index contributed by atoms with van der Waals surface area (Å²) in [5.74, 6) is 0.769. The molecule has 0 bridgehead atoms. The van der Waals surface area contributed by atoms with Gasteiger partial charge in [-0.25, -0.2) is 0 Å². The number of carbonyl (C=O) groups is 2. The summed E-state index contributed by atoms with van der Waals surface area (Å²) in [7, 11) is 0. The fourth-order valence-electron chi connectivity index (χ4n) is 3.84. The zero-order chi connectivity index (χ0) is 27.2. The second-order valence-electron chi connectivity index (χ2n) is 8.36. The van der Waals surface area contributed by atoms with E-state index in [2.05, 4.69) is 6.58 Å². The van der Waals surface area contributed by atoms with E-state index in [0.717, 1.165) is 22.9 Å². The van der Waals surface area contributed by atoms with Gasteiger partial charge in [-0.2, -0.15) is 0 Å². The number of hydrogen-bond acceptors (Lipinski definition) is 5. The minimum atomic E-state index is -0.377. The molecule has 0 N–H and O–H groups in total. The number of imide groups is 1. The molecule has 0 aromatic heterocycles. The lowest BCUT2D eigenvalue weighted by Crippen LogP contribution is -2.27. The molecule has 1 heterocycles. The molecule has 9 heteroatoms. The van der Waals surface area contributed by atoms with Gasteiger partial charge in [-0.15, -0.1) is 6.58 Å². The first kappa shape index (κ1) is 28.1. The predicted molar refractivity (Wildman–Crippen MR) is 155 cm³/mol. The summed E-state index contributed by atoms with van der Waals surface area (Å²) in [5, 5.41) is 1.07. The van der Waals surface area contributed by atoms with Crippen molar-refractivity contribution in [1.82, 2.24) is 4.90 Å². The standard InChI is InChI=1S/C29H24Cl3NO4S/c1-3-5-21-12-20(14-25(36-4-2)27(21)37-17-18-6-9-22(30)10-7-18)15-26-28(34)33(29(35)38-26)16-19-8-11-23(31)24(32)13-19/h3,6-15H,1,4-5,16-17H2,2H3/b26-15-. The lowest BCUT2D eigenvalue weighted by molar-refractivity contribution is -0.123. The molecular weight excluding hydrogens is 565 g/mol. The van der Waals surface area contributed by atoms with Crippen molar-refractivity contribution in [2.75, 3.05) is 6.61 Å². The second-order valence-corrected chi connectivity index (χ2v) is 10.6. The summed E-state index contributed by atoms with van der Waals surface area (Å²) < 4.78 is 12.1. The number of thioether (sulfide) groups is 1. The molecule has 0 atom stereocenters. The molecule has 3 aromatic rings. The second kappa shape index (κ2) is 12.8. The number of carbonyl (C=O) groups excluding carboxylic acids is 2. The van der Waals surface area contributed by atoms with Gasteiger partial charge in [0.15, 0.2) is 11.5 Å². The van der Waals surface area contributed by atoms with Crippen LogP contribution in [0.15, 0.2) is 72.2 Å². The van der Waals surface area contributed by atoms with E-state index in [0.29, 0.717) is 62.2 Å². The molecule has 0 aliphatic carbocycles. The van der Waals surface area contributed by atoms with Crippen LogP contribution in [-0.2, 0) is 24.4 Å². The van der Waals surface area contributed by atoms with Crippen molar-refractivity contribution >= 4 is 63.8 Å². The van der Waals surface area contributed by atoms with Crippen LogP contribution in [0.3, 0.4) is 0 Å². The van der Waals surface area contributed by atoms with Crippen molar-refractivity contribution in [2.45, 2.75) is 26.5 Å². The number of benzene rings is 3. The van der Waals surface area contributed by atoms with Crippen molar-refractivity contribution in [1.29, 1.82) is 0 Å². The van der Waals surface area contributed by atoms with E-state index in [9.17, 15) is 9.59 Å². The van der Waals surface area contributed by atoms with Crippen LogP contribution in [0.4, 0.5) is 4.79 Å². The van der Waals surface area contributed by atoms with Gasteiger partial charge in [-0.05, 0) is 84.3 Å². The molecule has 4 rings (SSSR count). The molecule has 38 heavy (non-hydrogen) atoms. The summed E-state index contributed by atoms with van der Waals surface area (Å²) in [5.41, 5.74) is 3.23. The van der Waals surface area contributed by atoms with E-state index in [1.54, 1.807) is 36.4 Å². The highest BCUT2D eigenvalue weighted by molar-refractivity contribution is 8.18. The lowest BCUT2D eigenvalue weighted by atomic mass is 10.0. The van der Waals surface area contributed by atoms with Crippen LogP contribution in [0, 0.1) is 0 Å². The van der Waals surface area contributed by atoms with Crippen molar-refractivity contribution < 1.29 is 19.1 Å². The van der Waals surface area contributed by atoms with E-state index in [1.165, 1.54) is 4.90 Å². The number of rotatable bonds is 10. The Labute approximate surface area is 241 Å². The number of hydrogen-bond donors (Lipinski definition) is 0. The number of nitrogens with zero attached hydrogens (tertiary/aromatic N) is 1. The van der Waals surface area contributed by atoms with Gasteiger partial charge in [0.05, 0.1) is 28.1 Å². The quantitative estimate of drug-likeness (QED) is 0.175. The van der Waals surface area contributed by atoms with Crippen molar-refractivity contribution in [3.05, 3.63) is 109 Å². The van der Waals surface area contributed by atoms with Crippen LogP contribution in [-0.4, -0.2) is 22.7 Å².